The Labute approximate surface area is 165 Å². The average molecular weight is 391 g/mol. The summed E-state index contributed by atoms with van der Waals surface area (Å²) in [7, 11) is 1.59. The highest BCUT2D eigenvalue weighted by molar-refractivity contribution is 5.79. The number of ether oxygens (including phenoxy) is 3. The van der Waals surface area contributed by atoms with Crippen molar-refractivity contribution in [3.63, 3.8) is 0 Å². The van der Waals surface area contributed by atoms with Gasteiger partial charge in [-0.15, -0.1) is 0 Å². The molecule has 0 radical (unpaired) electrons. The molecule has 8 heteroatoms. The van der Waals surface area contributed by atoms with Crippen molar-refractivity contribution < 1.29 is 23.8 Å². The molecule has 3 rings (SSSR count). The van der Waals surface area contributed by atoms with Crippen LogP contribution < -0.4 is 20.1 Å². The van der Waals surface area contributed by atoms with Crippen LogP contribution in [0.25, 0.3) is 0 Å². The molecule has 1 aromatic rings. The predicted molar refractivity (Wildman–Crippen MR) is 104 cm³/mol. The number of methoxy groups -OCH3 is 1. The van der Waals surface area contributed by atoms with E-state index in [1.165, 1.54) is 6.92 Å². The summed E-state index contributed by atoms with van der Waals surface area (Å²) >= 11 is 0. The maximum atomic E-state index is 11.5. The molecular formula is C20H29N3O5. The topological polar surface area (TPSA) is 89.1 Å². The van der Waals surface area contributed by atoms with Crippen molar-refractivity contribution in [1.82, 2.24) is 15.5 Å². The first-order valence-corrected chi connectivity index (χ1v) is 9.73. The lowest BCUT2D eigenvalue weighted by Gasteiger charge is -2.30. The van der Waals surface area contributed by atoms with Crippen LogP contribution in [0.5, 0.6) is 11.5 Å². The van der Waals surface area contributed by atoms with Crippen LogP contribution in [0.3, 0.4) is 0 Å². The lowest BCUT2D eigenvalue weighted by molar-refractivity contribution is -0.149. The Kier molecular flexibility index (Phi) is 7.11. The molecule has 2 N–H and O–H groups in total. The lowest BCUT2D eigenvalue weighted by atomic mass is 9.98. The van der Waals surface area contributed by atoms with Crippen LogP contribution >= 0.6 is 0 Å². The van der Waals surface area contributed by atoms with Gasteiger partial charge >= 0.3 is 5.97 Å². The maximum absolute atomic E-state index is 11.5. The van der Waals surface area contributed by atoms with E-state index in [1.54, 1.807) is 7.11 Å². The summed E-state index contributed by atoms with van der Waals surface area (Å²) in [5.41, 5.74) is 1.03. The number of benzene rings is 1. The van der Waals surface area contributed by atoms with Crippen molar-refractivity contribution in [2.24, 2.45) is 0 Å². The number of nitrogens with one attached hydrogen (secondary N) is 2. The van der Waals surface area contributed by atoms with E-state index in [2.05, 4.69) is 15.5 Å². The number of nitrogens with zero attached hydrogens (tertiary/aromatic N) is 1. The number of hydrogen-bond donors (Lipinski definition) is 2. The van der Waals surface area contributed by atoms with Gasteiger partial charge in [-0.1, -0.05) is 6.07 Å². The minimum absolute atomic E-state index is 0.0641. The summed E-state index contributed by atoms with van der Waals surface area (Å²) in [4.78, 5) is 25.3. The quantitative estimate of drug-likeness (QED) is 0.625. The number of rotatable bonds is 8. The molecule has 2 aliphatic rings. The number of amides is 1. The molecule has 2 aliphatic heterocycles. The first kappa shape index (κ1) is 20.4. The summed E-state index contributed by atoms with van der Waals surface area (Å²) in [6, 6.07) is 5.73. The van der Waals surface area contributed by atoms with Gasteiger partial charge in [-0.3, -0.25) is 14.5 Å². The number of piperazine rings is 1. The largest absolute Gasteiger partial charge is 0.493 e. The van der Waals surface area contributed by atoms with E-state index >= 15 is 0 Å². The fraction of sp³-hybridized carbons (Fsp3) is 0.600. The lowest BCUT2D eigenvalue weighted by Crippen LogP contribution is -2.48. The molecule has 0 spiro atoms. The van der Waals surface area contributed by atoms with Crippen LogP contribution in [-0.2, 0) is 14.3 Å². The average Bonchev–Trinajstić information content (AvgIpc) is 3.12. The Hall–Kier alpha value is -2.32. The molecule has 1 amide bonds. The fourth-order valence-corrected chi connectivity index (χ4v) is 3.62. The standard InChI is InChI=1S/C20H29N3O5/c1-14(24)28-17(12-23-7-5-21-6-8-23)13-27-19-9-15(3-4-18(19)26-2)16-10-20(25)22-11-16/h3-4,9,16-17,21H,5-8,10-13H2,1-2H3,(H,22,25). The van der Waals surface area contributed by atoms with Gasteiger partial charge in [-0.05, 0) is 17.7 Å². The second-order valence-electron chi connectivity index (χ2n) is 7.21. The van der Waals surface area contributed by atoms with Gasteiger partial charge < -0.3 is 24.8 Å². The third-order valence-electron chi connectivity index (χ3n) is 5.07. The zero-order valence-corrected chi connectivity index (χ0v) is 16.5. The van der Waals surface area contributed by atoms with E-state index in [4.69, 9.17) is 14.2 Å². The molecule has 1 aromatic carbocycles. The van der Waals surface area contributed by atoms with Gasteiger partial charge in [-0.25, -0.2) is 0 Å². The van der Waals surface area contributed by atoms with E-state index in [-0.39, 0.29) is 30.5 Å². The smallest absolute Gasteiger partial charge is 0.303 e. The van der Waals surface area contributed by atoms with Gasteiger partial charge in [0.2, 0.25) is 5.91 Å². The highest BCUT2D eigenvalue weighted by Gasteiger charge is 2.25. The van der Waals surface area contributed by atoms with Crippen LogP contribution in [0.2, 0.25) is 0 Å². The summed E-state index contributed by atoms with van der Waals surface area (Å²) in [6.45, 7) is 6.60. The highest BCUT2D eigenvalue weighted by atomic mass is 16.6. The maximum Gasteiger partial charge on any atom is 0.303 e. The number of carbonyl (C=O) groups excluding carboxylic acids is 2. The van der Waals surface area contributed by atoms with Crippen LogP contribution in [0.1, 0.15) is 24.8 Å². The third kappa shape index (κ3) is 5.59. The molecule has 2 heterocycles. The van der Waals surface area contributed by atoms with Crippen LogP contribution in [-0.4, -0.2) is 75.9 Å². The van der Waals surface area contributed by atoms with Gasteiger partial charge in [0, 0.05) is 58.5 Å². The Bertz CT molecular complexity index is 690. The Balaban J connectivity index is 1.66. The van der Waals surface area contributed by atoms with Gasteiger partial charge in [0.15, 0.2) is 11.5 Å². The molecule has 0 saturated carbocycles. The number of esters is 1. The fourth-order valence-electron chi connectivity index (χ4n) is 3.62. The molecule has 2 atom stereocenters. The van der Waals surface area contributed by atoms with Crippen molar-refractivity contribution in [2.45, 2.75) is 25.4 Å². The molecule has 0 bridgehead atoms. The second-order valence-corrected chi connectivity index (χ2v) is 7.21. The molecule has 28 heavy (non-hydrogen) atoms. The second kappa shape index (κ2) is 9.75. The van der Waals surface area contributed by atoms with Crippen molar-refractivity contribution in [2.75, 3.05) is 53.0 Å². The SMILES string of the molecule is COc1ccc(C2CNC(=O)C2)cc1OCC(CN1CCNCC1)OC(C)=O. The molecule has 8 nitrogen and oxygen atoms in total. The van der Waals surface area contributed by atoms with Crippen LogP contribution in [0, 0.1) is 0 Å². The van der Waals surface area contributed by atoms with Crippen LogP contribution in [0.4, 0.5) is 0 Å². The molecule has 2 unspecified atom stereocenters. The first-order valence-electron chi connectivity index (χ1n) is 9.73. The van der Waals surface area contributed by atoms with E-state index in [9.17, 15) is 9.59 Å². The monoisotopic (exact) mass is 391 g/mol. The van der Waals surface area contributed by atoms with Crippen molar-refractivity contribution in [3.8, 4) is 11.5 Å². The molecule has 154 valence electrons. The minimum Gasteiger partial charge on any atom is -0.493 e. The molecule has 2 fully saturated rings. The highest BCUT2D eigenvalue weighted by Crippen LogP contribution is 2.33. The molecular weight excluding hydrogens is 362 g/mol. The minimum atomic E-state index is -0.362. The van der Waals surface area contributed by atoms with Gasteiger partial charge in [0.05, 0.1) is 7.11 Å². The summed E-state index contributed by atoms with van der Waals surface area (Å²) < 4.78 is 16.9. The van der Waals surface area contributed by atoms with Gasteiger partial charge in [0.1, 0.15) is 12.7 Å². The van der Waals surface area contributed by atoms with Crippen molar-refractivity contribution in [1.29, 1.82) is 0 Å². The molecule has 0 aromatic heterocycles. The number of carbonyl (C=O) groups is 2. The summed E-state index contributed by atoms with van der Waals surface area (Å²) in [5, 5.41) is 6.17. The first-order chi connectivity index (χ1) is 13.5. The summed E-state index contributed by atoms with van der Waals surface area (Å²) in [6.07, 6.45) is 0.115. The van der Waals surface area contributed by atoms with Gasteiger partial charge in [-0.2, -0.15) is 0 Å². The predicted octanol–water partition coefficient (Wildman–Crippen LogP) is 0.514. The Morgan fingerprint density at radius 1 is 1.29 bits per heavy atom. The van der Waals surface area contributed by atoms with E-state index in [0.29, 0.717) is 31.0 Å². The van der Waals surface area contributed by atoms with Crippen molar-refractivity contribution >= 4 is 11.9 Å². The zero-order chi connectivity index (χ0) is 19.9. The Morgan fingerprint density at radius 3 is 2.71 bits per heavy atom. The number of hydrogen-bond acceptors (Lipinski definition) is 7. The molecule has 0 aliphatic carbocycles. The third-order valence-corrected chi connectivity index (χ3v) is 5.07. The van der Waals surface area contributed by atoms with E-state index in [1.807, 2.05) is 18.2 Å². The van der Waals surface area contributed by atoms with Crippen LogP contribution in [0.15, 0.2) is 18.2 Å². The van der Waals surface area contributed by atoms with E-state index < -0.39 is 0 Å². The van der Waals surface area contributed by atoms with E-state index in [0.717, 1.165) is 31.7 Å². The van der Waals surface area contributed by atoms with Gasteiger partial charge in [0.25, 0.3) is 0 Å². The van der Waals surface area contributed by atoms with Crippen molar-refractivity contribution in [3.05, 3.63) is 23.8 Å². The summed E-state index contributed by atoms with van der Waals surface area (Å²) in [5.74, 6) is 1.08. The normalized spacial score (nSPS) is 21.1. The molecule has 2 saturated heterocycles. The Morgan fingerprint density at radius 2 is 2.07 bits per heavy atom. The zero-order valence-electron chi connectivity index (χ0n) is 16.5.